The minimum atomic E-state index is -4.45. The van der Waals surface area contributed by atoms with Gasteiger partial charge in [0.25, 0.3) is 0 Å². The third kappa shape index (κ3) is 2.71. The number of nitrogens with zero attached hydrogens (tertiary/aromatic N) is 1. The van der Waals surface area contributed by atoms with E-state index in [2.05, 4.69) is 0 Å². The van der Waals surface area contributed by atoms with Crippen molar-refractivity contribution < 1.29 is 13.2 Å². The maximum absolute atomic E-state index is 12.9. The van der Waals surface area contributed by atoms with Crippen LogP contribution in [0.15, 0.2) is 42.5 Å². The van der Waals surface area contributed by atoms with Crippen LogP contribution in [0.1, 0.15) is 11.1 Å². The first kappa shape index (κ1) is 14.2. The number of halogens is 3. The Morgan fingerprint density at radius 3 is 2.30 bits per heavy atom. The number of hydrogen-bond acceptors (Lipinski definition) is 2. The fraction of sp³-hybridized carbons (Fsp3) is 0.200. The topological polar surface area (TPSA) is 29.3 Å². The van der Waals surface area contributed by atoms with Crippen LogP contribution in [-0.4, -0.2) is 7.05 Å². The molecular formula is C15H15F3N2. The first-order valence-corrected chi connectivity index (χ1v) is 6.07. The van der Waals surface area contributed by atoms with Crippen LogP contribution < -0.4 is 10.6 Å². The van der Waals surface area contributed by atoms with E-state index in [0.29, 0.717) is 5.69 Å². The fourth-order valence-electron chi connectivity index (χ4n) is 2.08. The third-order valence-electron chi connectivity index (χ3n) is 3.21. The Bertz CT molecular complexity index is 621. The standard InChI is InChI=1S/C15H15F3N2/c1-10-5-3-4-6-14(10)20(2)11-7-8-13(19)12(9-11)15(16,17)18/h3-9H,19H2,1-2H3. The van der Waals surface area contributed by atoms with Crippen LogP contribution in [-0.2, 0) is 6.18 Å². The molecule has 20 heavy (non-hydrogen) atoms. The van der Waals surface area contributed by atoms with Gasteiger partial charge in [0.05, 0.1) is 5.56 Å². The van der Waals surface area contributed by atoms with Gasteiger partial charge in [0, 0.05) is 24.1 Å². The molecule has 0 saturated heterocycles. The monoisotopic (exact) mass is 280 g/mol. The molecule has 2 nitrogen and oxygen atoms in total. The lowest BCUT2D eigenvalue weighted by atomic mass is 10.1. The first-order valence-electron chi connectivity index (χ1n) is 6.07. The van der Waals surface area contributed by atoms with E-state index in [9.17, 15) is 13.2 Å². The average molecular weight is 280 g/mol. The zero-order valence-electron chi connectivity index (χ0n) is 11.2. The van der Waals surface area contributed by atoms with E-state index >= 15 is 0 Å². The molecule has 0 bridgehead atoms. The largest absolute Gasteiger partial charge is 0.418 e. The van der Waals surface area contributed by atoms with Gasteiger partial charge in [-0.15, -0.1) is 0 Å². The lowest BCUT2D eigenvalue weighted by Gasteiger charge is -2.23. The SMILES string of the molecule is Cc1ccccc1N(C)c1ccc(N)c(C(F)(F)F)c1. The second-order valence-corrected chi connectivity index (χ2v) is 4.61. The van der Waals surface area contributed by atoms with Crippen LogP contribution in [0.5, 0.6) is 0 Å². The summed E-state index contributed by atoms with van der Waals surface area (Å²) < 4.78 is 38.6. The molecule has 5 heteroatoms. The number of anilines is 3. The van der Waals surface area contributed by atoms with E-state index in [0.717, 1.165) is 17.3 Å². The molecule has 0 aliphatic rings. The molecule has 0 amide bonds. The molecule has 0 saturated carbocycles. The van der Waals surface area contributed by atoms with E-state index in [4.69, 9.17) is 5.73 Å². The zero-order chi connectivity index (χ0) is 14.9. The van der Waals surface area contributed by atoms with Gasteiger partial charge in [0.1, 0.15) is 0 Å². The number of para-hydroxylation sites is 1. The highest BCUT2D eigenvalue weighted by atomic mass is 19.4. The van der Waals surface area contributed by atoms with Gasteiger partial charge in [-0.3, -0.25) is 0 Å². The van der Waals surface area contributed by atoms with Crippen molar-refractivity contribution in [1.82, 2.24) is 0 Å². The molecular weight excluding hydrogens is 265 g/mol. The lowest BCUT2D eigenvalue weighted by Crippen LogP contribution is -2.14. The summed E-state index contributed by atoms with van der Waals surface area (Å²) in [6.07, 6.45) is -4.45. The number of alkyl halides is 3. The van der Waals surface area contributed by atoms with Gasteiger partial charge in [0.2, 0.25) is 0 Å². The first-order chi connectivity index (χ1) is 9.30. The van der Waals surface area contributed by atoms with Crippen LogP contribution in [0.3, 0.4) is 0 Å². The van der Waals surface area contributed by atoms with Gasteiger partial charge < -0.3 is 10.6 Å². The van der Waals surface area contributed by atoms with Crippen LogP contribution >= 0.6 is 0 Å². The highest BCUT2D eigenvalue weighted by Crippen LogP contribution is 2.37. The van der Waals surface area contributed by atoms with Gasteiger partial charge >= 0.3 is 6.18 Å². The van der Waals surface area contributed by atoms with Gasteiger partial charge in [-0.1, -0.05) is 18.2 Å². The summed E-state index contributed by atoms with van der Waals surface area (Å²) in [6, 6.07) is 11.4. The van der Waals surface area contributed by atoms with Crippen LogP contribution in [0.25, 0.3) is 0 Å². The van der Waals surface area contributed by atoms with Crippen LogP contribution in [0, 0.1) is 6.92 Å². The Morgan fingerprint density at radius 1 is 1.05 bits per heavy atom. The molecule has 2 aromatic carbocycles. The number of benzene rings is 2. The van der Waals surface area contributed by atoms with Gasteiger partial charge in [-0.05, 0) is 36.8 Å². The van der Waals surface area contributed by atoms with Crippen molar-refractivity contribution in [2.45, 2.75) is 13.1 Å². The van der Waals surface area contributed by atoms with Gasteiger partial charge in [0.15, 0.2) is 0 Å². The summed E-state index contributed by atoms with van der Waals surface area (Å²) >= 11 is 0. The van der Waals surface area contributed by atoms with Crippen LogP contribution in [0.4, 0.5) is 30.2 Å². The highest BCUT2D eigenvalue weighted by Gasteiger charge is 2.33. The number of aryl methyl sites for hydroxylation is 1. The quantitative estimate of drug-likeness (QED) is 0.828. The molecule has 2 N–H and O–H groups in total. The molecule has 0 aromatic heterocycles. The predicted octanol–water partition coefficient (Wildman–Crippen LogP) is 4.36. The van der Waals surface area contributed by atoms with E-state index in [1.807, 2.05) is 31.2 Å². The molecule has 2 rings (SSSR count). The second-order valence-electron chi connectivity index (χ2n) is 4.61. The Kier molecular flexibility index (Phi) is 3.61. The molecule has 0 fully saturated rings. The average Bonchev–Trinajstić information content (AvgIpc) is 2.37. The number of nitrogens with two attached hydrogens (primary N) is 1. The van der Waals surface area contributed by atoms with Gasteiger partial charge in [-0.2, -0.15) is 13.2 Å². The normalized spacial score (nSPS) is 11.4. The molecule has 106 valence electrons. The van der Waals surface area contributed by atoms with E-state index in [-0.39, 0.29) is 5.69 Å². The molecule has 0 atom stereocenters. The summed E-state index contributed by atoms with van der Waals surface area (Å²) in [5, 5.41) is 0. The number of nitrogen functional groups attached to an aromatic ring is 1. The number of rotatable bonds is 2. The smallest absolute Gasteiger partial charge is 0.398 e. The van der Waals surface area contributed by atoms with Gasteiger partial charge in [-0.25, -0.2) is 0 Å². The Hall–Kier alpha value is -2.17. The second kappa shape index (κ2) is 5.07. The van der Waals surface area contributed by atoms with Crippen molar-refractivity contribution in [3.8, 4) is 0 Å². The lowest BCUT2D eigenvalue weighted by molar-refractivity contribution is -0.136. The number of hydrogen-bond donors (Lipinski definition) is 1. The fourth-order valence-corrected chi connectivity index (χ4v) is 2.08. The third-order valence-corrected chi connectivity index (χ3v) is 3.21. The summed E-state index contributed by atoms with van der Waals surface area (Å²) in [5.41, 5.74) is 6.62. The molecule has 0 heterocycles. The maximum Gasteiger partial charge on any atom is 0.418 e. The minimum Gasteiger partial charge on any atom is -0.398 e. The summed E-state index contributed by atoms with van der Waals surface area (Å²) in [4.78, 5) is 1.71. The van der Waals surface area contributed by atoms with Crippen molar-refractivity contribution in [1.29, 1.82) is 0 Å². The minimum absolute atomic E-state index is 0.264. The Balaban J connectivity index is 2.46. The van der Waals surface area contributed by atoms with E-state index in [1.165, 1.54) is 6.07 Å². The Labute approximate surface area is 115 Å². The van der Waals surface area contributed by atoms with Crippen molar-refractivity contribution in [3.05, 3.63) is 53.6 Å². The maximum atomic E-state index is 12.9. The van der Waals surface area contributed by atoms with Crippen LogP contribution in [0.2, 0.25) is 0 Å². The molecule has 0 unspecified atom stereocenters. The summed E-state index contributed by atoms with van der Waals surface area (Å²) in [7, 11) is 1.73. The molecule has 0 aliphatic heterocycles. The van der Waals surface area contributed by atoms with E-state index < -0.39 is 11.7 Å². The Morgan fingerprint density at radius 2 is 1.70 bits per heavy atom. The van der Waals surface area contributed by atoms with Crippen molar-refractivity contribution in [2.24, 2.45) is 0 Å². The predicted molar refractivity (Wildman–Crippen MR) is 75.1 cm³/mol. The molecule has 0 spiro atoms. The molecule has 2 aromatic rings. The summed E-state index contributed by atoms with van der Waals surface area (Å²) in [6.45, 7) is 1.91. The molecule has 0 aliphatic carbocycles. The van der Waals surface area contributed by atoms with Crippen molar-refractivity contribution in [2.75, 3.05) is 17.7 Å². The van der Waals surface area contributed by atoms with E-state index in [1.54, 1.807) is 18.0 Å². The zero-order valence-corrected chi connectivity index (χ0v) is 11.2. The summed E-state index contributed by atoms with van der Waals surface area (Å²) in [5.74, 6) is 0. The highest BCUT2D eigenvalue weighted by molar-refractivity contribution is 5.68. The van der Waals surface area contributed by atoms with Crippen molar-refractivity contribution in [3.63, 3.8) is 0 Å². The van der Waals surface area contributed by atoms with Crippen molar-refractivity contribution >= 4 is 17.1 Å². The molecule has 0 radical (unpaired) electrons.